The van der Waals surface area contributed by atoms with Crippen molar-refractivity contribution in [3.63, 3.8) is 0 Å². The molecule has 2 heterocycles. The molecule has 0 amide bonds. The van der Waals surface area contributed by atoms with Crippen molar-refractivity contribution in [2.75, 3.05) is 18.0 Å². The highest BCUT2D eigenvalue weighted by Crippen LogP contribution is 2.27. The van der Waals surface area contributed by atoms with Gasteiger partial charge in [0.05, 0.1) is 0 Å². The van der Waals surface area contributed by atoms with E-state index in [4.69, 9.17) is 4.98 Å². The molecule has 0 radical (unpaired) electrons. The second kappa shape index (κ2) is 5.29. The van der Waals surface area contributed by atoms with Gasteiger partial charge in [0.2, 0.25) is 0 Å². The number of pyridine rings is 1. The van der Waals surface area contributed by atoms with Gasteiger partial charge in [0.1, 0.15) is 5.82 Å². The van der Waals surface area contributed by atoms with Crippen LogP contribution in [0.2, 0.25) is 0 Å². The summed E-state index contributed by atoms with van der Waals surface area (Å²) in [4.78, 5) is 7.35. The zero-order valence-electron chi connectivity index (χ0n) is 12.4. The van der Waals surface area contributed by atoms with E-state index in [-0.39, 0.29) is 0 Å². The van der Waals surface area contributed by atoms with E-state index in [2.05, 4.69) is 51.7 Å². The summed E-state index contributed by atoms with van der Waals surface area (Å²) in [5.74, 6) is 3.23. The molecule has 0 spiro atoms. The Balaban J connectivity index is 2.25. The number of hydrogen-bond acceptors (Lipinski definition) is 2. The quantitative estimate of drug-likeness (QED) is 0.784. The van der Waals surface area contributed by atoms with Crippen LogP contribution in [0.4, 0.5) is 5.82 Å². The largest absolute Gasteiger partial charge is 0.356 e. The van der Waals surface area contributed by atoms with E-state index in [0.717, 1.165) is 24.9 Å². The highest BCUT2D eigenvalue weighted by atomic mass is 15.2. The van der Waals surface area contributed by atoms with Crippen molar-refractivity contribution < 1.29 is 0 Å². The second-order valence-corrected chi connectivity index (χ2v) is 6.38. The Hall–Kier alpha value is -1.05. The Morgan fingerprint density at radius 1 is 1.17 bits per heavy atom. The van der Waals surface area contributed by atoms with Gasteiger partial charge in [0.15, 0.2) is 0 Å². The molecule has 2 atom stereocenters. The minimum absolute atomic E-state index is 0.504. The van der Waals surface area contributed by atoms with Crippen LogP contribution in [0.5, 0.6) is 0 Å². The lowest BCUT2D eigenvalue weighted by Gasteiger charge is -2.36. The summed E-state index contributed by atoms with van der Waals surface area (Å²) in [6.07, 6.45) is 1.35. The molecule has 2 unspecified atom stereocenters. The van der Waals surface area contributed by atoms with E-state index in [9.17, 15) is 0 Å². The zero-order chi connectivity index (χ0) is 13.3. The summed E-state index contributed by atoms with van der Waals surface area (Å²) >= 11 is 0. The number of hydrogen-bond donors (Lipinski definition) is 0. The molecule has 2 nitrogen and oxygen atoms in total. The molecule has 1 saturated heterocycles. The van der Waals surface area contributed by atoms with E-state index >= 15 is 0 Å². The summed E-state index contributed by atoms with van der Waals surface area (Å²) in [6, 6.07) is 4.41. The average Bonchev–Trinajstić information content (AvgIpc) is 2.27. The summed E-state index contributed by atoms with van der Waals surface area (Å²) in [6.45, 7) is 13.6. The van der Waals surface area contributed by atoms with Crippen LogP contribution in [0.1, 0.15) is 51.3 Å². The van der Waals surface area contributed by atoms with Crippen molar-refractivity contribution in [1.82, 2.24) is 4.98 Å². The van der Waals surface area contributed by atoms with Crippen LogP contribution in [0.15, 0.2) is 12.1 Å². The van der Waals surface area contributed by atoms with E-state index in [0.29, 0.717) is 5.92 Å². The fourth-order valence-corrected chi connectivity index (χ4v) is 3.14. The topological polar surface area (TPSA) is 16.1 Å². The number of piperidine rings is 1. The number of anilines is 1. The number of aryl methyl sites for hydroxylation is 1. The van der Waals surface area contributed by atoms with Crippen molar-refractivity contribution in [2.45, 2.75) is 47.0 Å². The van der Waals surface area contributed by atoms with Crippen LogP contribution >= 0.6 is 0 Å². The summed E-state index contributed by atoms with van der Waals surface area (Å²) < 4.78 is 0. The first kappa shape index (κ1) is 13.4. The SMILES string of the molecule is Cc1ccc(N2CC(C)CC(C)C2)nc1C(C)C. The van der Waals surface area contributed by atoms with Crippen molar-refractivity contribution in [3.8, 4) is 0 Å². The molecular weight excluding hydrogens is 220 g/mol. The minimum Gasteiger partial charge on any atom is -0.356 e. The fourth-order valence-electron chi connectivity index (χ4n) is 3.14. The van der Waals surface area contributed by atoms with Gasteiger partial charge < -0.3 is 4.90 Å². The highest BCUT2D eigenvalue weighted by molar-refractivity contribution is 5.43. The lowest BCUT2D eigenvalue weighted by atomic mass is 9.92. The highest BCUT2D eigenvalue weighted by Gasteiger charge is 2.23. The lowest BCUT2D eigenvalue weighted by Crippen LogP contribution is -2.39. The summed E-state index contributed by atoms with van der Waals surface area (Å²) in [7, 11) is 0. The maximum Gasteiger partial charge on any atom is 0.128 e. The van der Waals surface area contributed by atoms with E-state index in [1.165, 1.54) is 23.5 Å². The number of aromatic nitrogens is 1. The molecule has 0 aliphatic carbocycles. The van der Waals surface area contributed by atoms with Gasteiger partial charge in [0, 0.05) is 18.8 Å². The first-order valence-electron chi connectivity index (χ1n) is 7.20. The molecule has 1 aliphatic heterocycles. The zero-order valence-corrected chi connectivity index (χ0v) is 12.4. The van der Waals surface area contributed by atoms with E-state index in [1.807, 2.05) is 0 Å². The van der Waals surface area contributed by atoms with Gasteiger partial charge in [-0.3, -0.25) is 0 Å². The summed E-state index contributed by atoms with van der Waals surface area (Å²) in [5, 5.41) is 0. The van der Waals surface area contributed by atoms with Gasteiger partial charge in [-0.2, -0.15) is 0 Å². The first-order valence-corrected chi connectivity index (χ1v) is 7.20. The summed E-state index contributed by atoms with van der Waals surface area (Å²) in [5.41, 5.74) is 2.56. The van der Waals surface area contributed by atoms with Gasteiger partial charge in [-0.1, -0.05) is 33.8 Å². The van der Waals surface area contributed by atoms with Crippen LogP contribution in [0.3, 0.4) is 0 Å². The van der Waals surface area contributed by atoms with Crippen LogP contribution < -0.4 is 4.90 Å². The molecule has 0 bridgehead atoms. The second-order valence-electron chi connectivity index (χ2n) is 6.38. The Bertz CT molecular complexity index is 402. The molecular formula is C16H26N2. The van der Waals surface area contributed by atoms with Gasteiger partial charge in [-0.25, -0.2) is 4.98 Å². The van der Waals surface area contributed by atoms with Crippen LogP contribution in [0, 0.1) is 18.8 Å². The van der Waals surface area contributed by atoms with E-state index in [1.54, 1.807) is 0 Å². The maximum absolute atomic E-state index is 4.89. The van der Waals surface area contributed by atoms with Crippen molar-refractivity contribution in [3.05, 3.63) is 23.4 Å². The molecule has 1 aliphatic rings. The third kappa shape index (κ3) is 2.85. The van der Waals surface area contributed by atoms with Crippen LogP contribution in [0.25, 0.3) is 0 Å². The predicted molar refractivity (Wildman–Crippen MR) is 78.2 cm³/mol. The third-order valence-electron chi connectivity index (χ3n) is 3.86. The Kier molecular flexibility index (Phi) is 3.94. The number of nitrogens with zero attached hydrogens (tertiary/aromatic N) is 2. The van der Waals surface area contributed by atoms with Crippen LogP contribution in [-0.4, -0.2) is 18.1 Å². The molecule has 0 aromatic carbocycles. The van der Waals surface area contributed by atoms with Gasteiger partial charge in [-0.15, -0.1) is 0 Å². The normalized spacial score (nSPS) is 24.7. The molecule has 2 rings (SSSR count). The molecule has 1 fully saturated rings. The van der Waals surface area contributed by atoms with Gasteiger partial charge in [-0.05, 0) is 42.7 Å². The van der Waals surface area contributed by atoms with Crippen LogP contribution in [-0.2, 0) is 0 Å². The van der Waals surface area contributed by atoms with E-state index < -0.39 is 0 Å². The molecule has 1 aromatic rings. The Morgan fingerprint density at radius 3 is 2.33 bits per heavy atom. The van der Waals surface area contributed by atoms with Gasteiger partial charge >= 0.3 is 0 Å². The van der Waals surface area contributed by atoms with Crippen molar-refractivity contribution >= 4 is 5.82 Å². The predicted octanol–water partition coefficient (Wildman–Crippen LogP) is 4.00. The molecule has 1 aromatic heterocycles. The standard InChI is InChI=1S/C16H26N2/c1-11(2)16-14(5)6-7-15(17-16)18-9-12(3)8-13(4)10-18/h6-7,11-13H,8-10H2,1-5H3. The maximum atomic E-state index is 4.89. The average molecular weight is 246 g/mol. The van der Waals surface area contributed by atoms with Gasteiger partial charge in [0.25, 0.3) is 0 Å². The Morgan fingerprint density at radius 2 is 1.78 bits per heavy atom. The molecule has 0 N–H and O–H groups in total. The molecule has 0 saturated carbocycles. The monoisotopic (exact) mass is 246 g/mol. The third-order valence-corrected chi connectivity index (χ3v) is 3.86. The molecule has 2 heteroatoms. The fraction of sp³-hybridized carbons (Fsp3) is 0.688. The first-order chi connectivity index (χ1) is 8.47. The Labute approximate surface area is 111 Å². The molecule has 18 heavy (non-hydrogen) atoms. The lowest BCUT2D eigenvalue weighted by molar-refractivity contribution is 0.355. The van der Waals surface area contributed by atoms with Crippen molar-refractivity contribution in [1.29, 1.82) is 0 Å². The number of rotatable bonds is 2. The smallest absolute Gasteiger partial charge is 0.128 e. The van der Waals surface area contributed by atoms with Crippen molar-refractivity contribution in [2.24, 2.45) is 11.8 Å². The molecule has 100 valence electrons. The minimum atomic E-state index is 0.504.